The molecule has 0 bridgehead atoms. The molecule has 1 N–H and O–H groups in total. The van der Waals surface area contributed by atoms with Gasteiger partial charge in [-0.1, -0.05) is 13.8 Å². The number of esters is 1. The molecule has 0 radical (unpaired) electrons. The smallest absolute Gasteiger partial charge is 0.320 e. The number of ether oxygens (including phenoxy) is 1. The van der Waals surface area contributed by atoms with Gasteiger partial charge in [0.15, 0.2) is 0 Å². The van der Waals surface area contributed by atoms with Crippen molar-refractivity contribution in [1.82, 2.24) is 5.32 Å². The van der Waals surface area contributed by atoms with Crippen LogP contribution in [0, 0.1) is 0 Å². The Morgan fingerprint density at radius 1 is 1.58 bits per heavy atom. The lowest BCUT2D eigenvalue weighted by Gasteiger charge is -2.25. The Balaban J connectivity index is 2.03. The Labute approximate surface area is 73.5 Å². The summed E-state index contributed by atoms with van der Waals surface area (Å²) in [5, 5.41) is 3.02. The second-order valence-corrected chi connectivity index (χ2v) is 3.58. The van der Waals surface area contributed by atoms with E-state index in [1.54, 1.807) is 0 Å². The summed E-state index contributed by atoms with van der Waals surface area (Å²) in [5.74, 6) is -0.117. The van der Waals surface area contributed by atoms with Gasteiger partial charge in [0.1, 0.15) is 6.10 Å². The third kappa shape index (κ3) is 3.22. The topological polar surface area (TPSA) is 38.3 Å². The molecule has 1 rings (SSSR count). The number of carbonyl (C=O) groups excluding carboxylic acids is 1. The van der Waals surface area contributed by atoms with Crippen molar-refractivity contribution in [1.29, 1.82) is 0 Å². The third-order valence-corrected chi connectivity index (χ3v) is 2.00. The average molecular weight is 171 g/mol. The van der Waals surface area contributed by atoms with Crippen LogP contribution in [0.15, 0.2) is 0 Å². The van der Waals surface area contributed by atoms with Crippen molar-refractivity contribution in [3.63, 3.8) is 0 Å². The van der Waals surface area contributed by atoms with Crippen molar-refractivity contribution in [2.45, 2.75) is 45.3 Å². The van der Waals surface area contributed by atoms with Gasteiger partial charge in [-0.3, -0.25) is 4.79 Å². The van der Waals surface area contributed by atoms with E-state index in [1.165, 1.54) is 6.42 Å². The van der Waals surface area contributed by atoms with Crippen LogP contribution in [0.4, 0.5) is 0 Å². The zero-order chi connectivity index (χ0) is 8.97. The molecule has 1 fully saturated rings. The molecule has 1 saturated carbocycles. The fourth-order valence-corrected chi connectivity index (χ4v) is 1.00. The highest BCUT2D eigenvalue weighted by Gasteiger charge is 2.21. The second kappa shape index (κ2) is 4.45. The predicted molar refractivity (Wildman–Crippen MR) is 46.9 cm³/mol. The fraction of sp³-hybridized carbons (Fsp3) is 0.889. The minimum absolute atomic E-state index is 0.117. The van der Waals surface area contributed by atoms with Crippen molar-refractivity contribution >= 4 is 5.97 Å². The van der Waals surface area contributed by atoms with Crippen molar-refractivity contribution in [2.75, 3.05) is 6.54 Å². The Bertz CT molecular complexity index is 153. The zero-order valence-corrected chi connectivity index (χ0v) is 7.80. The van der Waals surface area contributed by atoms with E-state index in [1.807, 2.05) is 13.8 Å². The second-order valence-electron chi connectivity index (χ2n) is 3.58. The first-order valence-electron chi connectivity index (χ1n) is 4.61. The van der Waals surface area contributed by atoms with Crippen LogP contribution in [-0.4, -0.2) is 24.7 Å². The molecule has 0 saturated heterocycles. The molecule has 12 heavy (non-hydrogen) atoms. The Kier molecular flexibility index (Phi) is 3.53. The van der Waals surface area contributed by atoms with Crippen LogP contribution in [0.25, 0.3) is 0 Å². The maximum Gasteiger partial charge on any atom is 0.320 e. The van der Waals surface area contributed by atoms with Gasteiger partial charge in [-0.25, -0.2) is 0 Å². The lowest BCUT2D eigenvalue weighted by Crippen LogP contribution is -2.34. The van der Waals surface area contributed by atoms with Gasteiger partial charge in [-0.15, -0.1) is 0 Å². The van der Waals surface area contributed by atoms with Crippen molar-refractivity contribution in [3.05, 3.63) is 0 Å². The number of nitrogens with one attached hydrogen (secondary N) is 1. The van der Waals surface area contributed by atoms with Crippen molar-refractivity contribution in [3.8, 4) is 0 Å². The predicted octanol–water partition coefficient (Wildman–Crippen LogP) is 1.08. The van der Waals surface area contributed by atoms with Crippen LogP contribution in [0.5, 0.6) is 0 Å². The van der Waals surface area contributed by atoms with E-state index < -0.39 is 0 Å². The molecule has 0 aromatic rings. The van der Waals surface area contributed by atoms with E-state index >= 15 is 0 Å². The molecule has 1 aliphatic carbocycles. The molecule has 70 valence electrons. The number of hydrogen-bond donors (Lipinski definition) is 1. The van der Waals surface area contributed by atoms with E-state index in [-0.39, 0.29) is 12.1 Å². The monoisotopic (exact) mass is 171 g/mol. The maximum atomic E-state index is 11.1. The molecule has 1 aliphatic rings. The van der Waals surface area contributed by atoms with E-state index in [0.717, 1.165) is 12.8 Å². The van der Waals surface area contributed by atoms with Gasteiger partial charge in [0, 0.05) is 6.04 Å². The Morgan fingerprint density at radius 3 is 2.67 bits per heavy atom. The first-order chi connectivity index (χ1) is 5.68. The molecule has 3 nitrogen and oxygen atoms in total. The first kappa shape index (κ1) is 9.52. The Hall–Kier alpha value is -0.570. The van der Waals surface area contributed by atoms with E-state index in [2.05, 4.69) is 5.32 Å². The van der Waals surface area contributed by atoms with Crippen LogP contribution in [0.3, 0.4) is 0 Å². The minimum Gasteiger partial charge on any atom is -0.461 e. The first-order valence-corrected chi connectivity index (χ1v) is 4.61. The normalized spacial score (nSPS) is 17.6. The van der Waals surface area contributed by atoms with Gasteiger partial charge in [-0.05, 0) is 19.3 Å². The molecule has 0 heterocycles. The summed E-state index contributed by atoms with van der Waals surface area (Å²) >= 11 is 0. The maximum absolute atomic E-state index is 11.1. The average Bonchev–Trinajstić information content (AvgIpc) is 1.93. The molecular formula is C9H17NO2. The summed E-state index contributed by atoms with van der Waals surface area (Å²) in [6.45, 7) is 4.36. The summed E-state index contributed by atoms with van der Waals surface area (Å²) in [5.41, 5.74) is 0. The largest absolute Gasteiger partial charge is 0.461 e. The van der Waals surface area contributed by atoms with Gasteiger partial charge in [0.05, 0.1) is 6.54 Å². The van der Waals surface area contributed by atoms with Gasteiger partial charge < -0.3 is 10.1 Å². The molecule has 0 unspecified atom stereocenters. The van der Waals surface area contributed by atoms with Crippen LogP contribution in [-0.2, 0) is 9.53 Å². The van der Waals surface area contributed by atoms with Crippen LogP contribution < -0.4 is 5.32 Å². The summed E-state index contributed by atoms with van der Waals surface area (Å²) in [4.78, 5) is 11.1. The SMILES string of the molecule is CC(C)NCC(=O)OC1CCC1. The number of carbonyl (C=O) groups is 1. The van der Waals surface area contributed by atoms with Crippen LogP contribution >= 0.6 is 0 Å². The standard InChI is InChI=1S/C9H17NO2/c1-7(2)10-6-9(11)12-8-4-3-5-8/h7-8,10H,3-6H2,1-2H3. The summed E-state index contributed by atoms with van der Waals surface area (Å²) < 4.78 is 5.14. The zero-order valence-electron chi connectivity index (χ0n) is 7.80. The van der Waals surface area contributed by atoms with Crippen molar-refractivity contribution < 1.29 is 9.53 Å². The molecule has 0 aromatic carbocycles. The molecule has 0 aliphatic heterocycles. The van der Waals surface area contributed by atoms with Crippen LogP contribution in [0.1, 0.15) is 33.1 Å². The number of hydrogen-bond acceptors (Lipinski definition) is 3. The molecular weight excluding hydrogens is 154 g/mol. The van der Waals surface area contributed by atoms with E-state index in [9.17, 15) is 4.79 Å². The van der Waals surface area contributed by atoms with E-state index in [4.69, 9.17) is 4.74 Å². The molecule has 0 atom stereocenters. The lowest BCUT2D eigenvalue weighted by molar-refractivity contribution is -0.151. The quantitative estimate of drug-likeness (QED) is 0.643. The highest BCUT2D eigenvalue weighted by molar-refractivity contribution is 5.71. The van der Waals surface area contributed by atoms with Crippen LogP contribution in [0.2, 0.25) is 0 Å². The van der Waals surface area contributed by atoms with Crippen molar-refractivity contribution in [2.24, 2.45) is 0 Å². The lowest BCUT2D eigenvalue weighted by atomic mass is 9.96. The highest BCUT2D eigenvalue weighted by atomic mass is 16.5. The molecule has 0 spiro atoms. The van der Waals surface area contributed by atoms with Gasteiger partial charge in [0.25, 0.3) is 0 Å². The Morgan fingerprint density at radius 2 is 2.25 bits per heavy atom. The summed E-state index contributed by atoms with van der Waals surface area (Å²) in [6, 6.07) is 0.346. The third-order valence-electron chi connectivity index (χ3n) is 2.00. The fourth-order valence-electron chi connectivity index (χ4n) is 1.00. The van der Waals surface area contributed by atoms with Gasteiger partial charge in [-0.2, -0.15) is 0 Å². The number of rotatable bonds is 4. The minimum atomic E-state index is -0.117. The molecule has 0 aromatic heterocycles. The van der Waals surface area contributed by atoms with E-state index in [0.29, 0.717) is 12.6 Å². The van der Waals surface area contributed by atoms with Gasteiger partial charge in [0.2, 0.25) is 0 Å². The molecule has 3 heteroatoms. The summed E-state index contributed by atoms with van der Waals surface area (Å²) in [7, 11) is 0. The van der Waals surface area contributed by atoms with Gasteiger partial charge >= 0.3 is 5.97 Å². The molecule has 0 amide bonds. The summed E-state index contributed by atoms with van der Waals surface area (Å²) in [6.07, 6.45) is 3.52. The highest BCUT2D eigenvalue weighted by Crippen LogP contribution is 2.21.